The van der Waals surface area contributed by atoms with Gasteiger partial charge >= 0.3 is 17.8 Å². The van der Waals surface area contributed by atoms with Crippen molar-refractivity contribution in [1.82, 2.24) is 4.57 Å². The van der Waals surface area contributed by atoms with Crippen LogP contribution in [0.25, 0.3) is 0 Å². The van der Waals surface area contributed by atoms with Crippen LogP contribution in [0.2, 0.25) is 0 Å². The highest BCUT2D eigenvalue weighted by atomic mass is 19.4. The normalized spacial score (nSPS) is 11.2. The maximum atomic E-state index is 12.7. The zero-order chi connectivity index (χ0) is 21.9. The van der Waals surface area contributed by atoms with E-state index in [0.717, 1.165) is 23.8 Å². The second-order valence-corrected chi connectivity index (χ2v) is 6.13. The number of aryl methyl sites for hydroxylation is 1. The molecule has 2 rings (SSSR count). The minimum Gasteiger partial charge on any atom is -0.478 e. The lowest BCUT2D eigenvalue weighted by atomic mass is 10.1. The number of rotatable bonds is 7. The van der Waals surface area contributed by atoms with Crippen LogP contribution in [0, 0.1) is 24.0 Å². The van der Waals surface area contributed by atoms with E-state index in [-0.39, 0.29) is 28.3 Å². The smallest absolute Gasteiger partial charge is 0.406 e. The standard InChI is InChI=1S/C18H17F3N2O6/c1-10-6-13(11(2)22(10)9-18(19,20)21)15(24)8-29-16-5-4-12(17(25)28-3)7-14(16)23(26)27/h4-7H,8-9H2,1-3H3. The maximum absolute atomic E-state index is 12.7. The first-order valence-electron chi connectivity index (χ1n) is 8.21. The van der Waals surface area contributed by atoms with Crippen LogP contribution in [-0.4, -0.2) is 41.1 Å². The molecule has 0 N–H and O–H groups in total. The molecule has 29 heavy (non-hydrogen) atoms. The average Bonchev–Trinajstić information content (AvgIpc) is 2.92. The molecule has 0 aliphatic heterocycles. The van der Waals surface area contributed by atoms with Crippen LogP contribution in [0.4, 0.5) is 18.9 Å². The van der Waals surface area contributed by atoms with E-state index >= 15 is 0 Å². The molecule has 156 valence electrons. The molecule has 0 saturated carbocycles. The molecule has 0 saturated heterocycles. The lowest BCUT2D eigenvalue weighted by Gasteiger charge is -2.12. The molecule has 0 amide bonds. The van der Waals surface area contributed by atoms with Crippen LogP contribution in [0.15, 0.2) is 24.3 Å². The third kappa shape index (κ3) is 5.12. The van der Waals surface area contributed by atoms with Gasteiger partial charge in [0.15, 0.2) is 12.4 Å². The first-order valence-corrected chi connectivity index (χ1v) is 8.21. The van der Waals surface area contributed by atoms with E-state index in [9.17, 15) is 32.9 Å². The van der Waals surface area contributed by atoms with E-state index in [0.29, 0.717) is 0 Å². The second-order valence-electron chi connectivity index (χ2n) is 6.13. The number of aromatic nitrogens is 1. The van der Waals surface area contributed by atoms with E-state index in [4.69, 9.17) is 4.74 Å². The Morgan fingerprint density at radius 2 is 1.86 bits per heavy atom. The molecule has 2 aromatic rings. The number of hydrogen-bond acceptors (Lipinski definition) is 6. The highest BCUT2D eigenvalue weighted by Crippen LogP contribution is 2.29. The monoisotopic (exact) mass is 414 g/mol. The van der Waals surface area contributed by atoms with Crippen molar-refractivity contribution in [1.29, 1.82) is 0 Å². The Morgan fingerprint density at radius 1 is 1.21 bits per heavy atom. The van der Waals surface area contributed by atoms with Gasteiger partial charge in [-0.1, -0.05) is 0 Å². The number of nitro groups is 1. The molecule has 0 unspecified atom stereocenters. The number of ketones is 1. The largest absolute Gasteiger partial charge is 0.478 e. The number of methoxy groups -OCH3 is 1. The molecule has 0 fully saturated rings. The molecule has 1 aromatic carbocycles. The van der Waals surface area contributed by atoms with Gasteiger partial charge in [-0.2, -0.15) is 13.2 Å². The van der Waals surface area contributed by atoms with E-state index in [1.54, 1.807) is 0 Å². The van der Waals surface area contributed by atoms with Crippen LogP contribution in [0.5, 0.6) is 5.75 Å². The zero-order valence-corrected chi connectivity index (χ0v) is 15.7. The van der Waals surface area contributed by atoms with Crippen molar-refractivity contribution in [3.05, 3.63) is 56.9 Å². The van der Waals surface area contributed by atoms with Crippen molar-refractivity contribution >= 4 is 17.4 Å². The highest BCUT2D eigenvalue weighted by Gasteiger charge is 2.30. The first-order chi connectivity index (χ1) is 13.4. The van der Waals surface area contributed by atoms with Gasteiger partial charge in [0.1, 0.15) is 6.54 Å². The fraction of sp³-hybridized carbons (Fsp3) is 0.333. The number of nitro benzene ring substituents is 1. The Kier molecular flexibility index (Phi) is 6.30. The SMILES string of the molecule is COC(=O)c1ccc(OCC(=O)c2cc(C)n(CC(F)(F)F)c2C)c([N+](=O)[O-])c1. The van der Waals surface area contributed by atoms with Crippen LogP contribution in [-0.2, 0) is 11.3 Å². The topological polar surface area (TPSA) is 101 Å². The Hall–Kier alpha value is -3.37. The van der Waals surface area contributed by atoms with Crippen LogP contribution < -0.4 is 4.74 Å². The number of esters is 1. The van der Waals surface area contributed by atoms with Gasteiger partial charge < -0.3 is 14.0 Å². The molecule has 0 radical (unpaired) electrons. The Labute approximate surface area is 163 Å². The average molecular weight is 414 g/mol. The molecule has 1 aromatic heterocycles. The quantitative estimate of drug-likeness (QED) is 0.297. The Morgan fingerprint density at radius 3 is 2.41 bits per heavy atom. The summed E-state index contributed by atoms with van der Waals surface area (Å²) in [4.78, 5) is 34.3. The molecule has 1 heterocycles. The minimum atomic E-state index is -4.45. The lowest BCUT2D eigenvalue weighted by Crippen LogP contribution is -2.20. The summed E-state index contributed by atoms with van der Waals surface area (Å²) in [5.41, 5.74) is -0.238. The van der Waals surface area contributed by atoms with Gasteiger partial charge in [0.2, 0.25) is 5.78 Å². The summed E-state index contributed by atoms with van der Waals surface area (Å²) < 4.78 is 48.7. The van der Waals surface area contributed by atoms with E-state index in [1.807, 2.05) is 0 Å². The summed E-state index contributed by atoms with van der Waals surface area (Å²) in [6.45, 7) is 0.945. The summed E-state index contributed by atoms with van der Waals surface area (Å²) in [6.07, 6.45) is -4.45. The summed E-state index contributed by atoms with van der Waals surface area (Å²) in [5, 5.41) is 11.2. The number of alkyl halides is 3. The lowest BCUT2D eigenvalue weighted by molar-refractivity contribution is -0.385. The molecule has 11 heteroatoms. The van der Waals surface area contributed by atoms with Crippen LogP contribution in [0.3, 0.4) is 0 Å². The van der Waals surface area contributed by atoms with E-state index in [2.05, 4.69) is 4.74 Å². The van der Waals surface area contributed by atoms with Crippen LogP contribution >= 0.6 is 0 Å². The number of carbonyl (C=O) groups excluding carboxylic acids is 2. The molecular formula is C18H17F3N2O6. The number of hydrogen-bond donors (Lipinski definition) is 0. The molecule has 0 aliphatic rings. The van der Waals surface area contributed by atoms with Crippen molar-refractivity contribution in [2.45, 2.75) is 26.6 Å². The van der Waals surface area contributed by atoms with Crippen molar-refractivity contribution in [2.75, 3.05) is 13.7 Å². The third-order valence-electron chi connectivity index (χ3n) is 4.15. The Balaban J connectivity index is 2.22. The molecule has 0 aliphatic carbocycles. The number of carbonyl (C=O) groups is 2. The minimum absolute atomic E-state index is 0.0283. The van der Waals surface area contributed by atoms with Gasteiger partial charge in [0.25, 0.3) is 0 Å². The number of halogens is 3. The predicted octanol–water partition coefficient (Wildman–Crippen LogP) is 3.62. The Bertz CT molecular complexity index is 965. The van der Waals surface area contributed by atoms with E-state index in [1.165, 1.54) is 26.0 Å². The van der Waals surface area contributed by atoms with Gasteiger partial charge in [-0.15, -0.1) is 0 Å². The van der Waals surface area contributed by atoms with Crippen molar-refractivity contribution in [2.24, 2.45) is 0 Å². The second kappa shape index (κ2) is 8.33. The van der Waals surface area contributed by atoms with Crippen LogP contribution in [0.1, 0.15) is 32.1 Å². The highest BCUT2D eigenvalue weighted by molar-refractivity contribution is 5.98. The number of Topliss-reactive ketones (excluding diaryl/α,β-unsaturated/α-hetero) is 1. The summed E-state index contributed by atoms with van der Waals surface area (Å²) in [6, 6.07) is 4.63. The number of benzene rings is 1. The number of nitrogens with zero attached hydrogens (tertiary/aromatic N) is 2. The molecular weight excluding hydrogens is 397 g/mol. The van der Waals surface area contributed by atoms with Gasteiger partial charge in [-0.3, -0.25) is 14.9 Å². The summed E-state index contributed by atoms with van der Waals surface area (Å²) in [7, 11) is 1.12. The fourth-order valence-corrected chi connectivity index (χ4v) is 2.75. The summed E-state index contributed by atoms with van der Waals surface area (Å²) in [5.74, 6) is -1.69. The predicted molar refractivity (Wildman–Crippen MR) is 94.2 cm³/mol. The first kappa shape index (κ1) is 21.9. The van der Waals surface area contributed by atoms with Crippen molar-refractivity contribution in [3.63, 3.8) is 0 Å². The van der Waals surface area contributed by atoms with Gasteiger partial charge in [0.05, 0.1) is 17.6 Å². The van der Waals surface area contributed by atoms with E-state index < -0.39 is 41.7 Å². The molecule has 0 spiro atoms. The summed E-state index contributed by atoms with van der Waals surface area (Å²) >= 11 is 0. The number of ether oxygens (including phenoxy) is 2. The maximum Gasteiger partial charge on any atom is 0.406 e. The molecule has 0 atom stereocenters. The van der Waals surface area contributed by atoms with Gasteiger partial charge in [0, 0.05) is 23.0 Å². The fourth-order valence-electron chi connectivity index (χ4n) is 2.75. The van der Waals surface area contributed by atoms with Crippen molar-refractivity contribution < 1.29 is 37.2 Å². The third-order valence-corrected chi connectivity index (χ3v) is 4.15. The van der Waals surface area contributed by atoms with Gasteiger partial charge in [-0.05, 0) is 32.0 Å². The molecule has 0 bridgehead atoms. The van der Waals surface area contributed by atoms with Crippen molar-refractivity contribution in [3.8, 4) is 5.75 Å². The van der Waals surface area contributed by atoms with Gasteiger partial charge in [-0.25, -0.2) is 4.79 Å². The molecule has 8 nitrogen and oxygen atoms in total. The zero-order valence-electron chi connectivity index (χ0n) is 15.7.